The normalized spacial score (nSPS) is 11.7. The number of methoxy groups -OCH3 is 2. The fourth-order valence-corrected chi connectivity index (χ4v) is 2.43. The minimum atomic E-state index is -0.160. The third-order valence-electron chi connectivity index (χ3n) is 3.60. The summed E-state index contributed by atoms with van der Waals surface area (Å²) >= 11 is 5.99. The van der Waals surface area contributed by atoms with Gasteiger partial charge in [0.2, 0.25) is 5.91 Å². The van der Waals surface area contributed by atoms with E-state index in [1.54, 1.807) is 32.4 Å². The number of halogens is 1. The molecule has 2 rings (SSSR count). The van der Waals surface area contributed by atoms with Gasteiger partial charge in [-0.05, 0) is 36.8 Å². The first-order valence-electron chi connectivity index (χ1n) is 7.54. The molecular weight excluding hydrogens is 328 g/mol. The van der Waals surface area contributed by atoms with Crippen LogP contribution in [0, 0.1) is 0 Å². The molecule has 24 heavy (non-hydrogen) atoms. The molecule has 5 nitrogen and oxygen atoms in total. The SMILES string of the molecule is COc1ccc(NC(=O)CN[C@H](C)c2cccc(Cl)c2)c(OC)c1. The highest BCUT2D eigenvalue weighted by Gasteiger charge is 2.11. The van der Waals surface area contributed by atoms with E-state index in [1.165, 1.54) is 0 Å². The van der Waals surface area contributed by atoms with E-state index in [2.05, 4.69) is 10.6 Å². The van der Waals surface area contributed by atoms with E-state index in [0.29, 0.717) is 22.2 Å². The highest BCUT2D eigenvalue weighted by molar-refractivity contribution is 6.30. The lowest BCUT2D eigenvalue weighted by molar-refractivity contribution is -0.115. The van der Waals surface area contributed by atoms with Crippen molar-refractivity contribution >= 4 is 23.2 Å². The maximum atomic E-state index is 12.2. The second kappa shape index (κ2) is 8.57. The molecule has 1 atom stereocenters. The lowest BCUT2D eigenvalue weighted by Crippen LogP contribution is -2.30. The van der Waals surface area contributed by atoms with Crippen molar-refractivity contribution in [3.05, 3.63) is 53.1 Å². The molecule has 1 amide bonds. The second-order valence-electron chi connectivity index (χ2n) is 5.27. The molecule has 0 spiro atoms. The van der Waals surface area contributed by atoms with Crippen LogP contribution < -0.4 is 20.1 Å². The van der Waals surface area contributed by atoms with Crippen LogP contribution in [-0.2, 0) is 4.79 Å². The van der Waals surface area contributed by atoms with Crippen LogP contribution in [0.4, 0.5) is 5.69 Å². The first-order valence-corrected chi connectivity index (χ1v) is 7.92. The molecular formula is C18H21ClN2O3. The molecule has 2 aromatic carbocycles. The summed E-state index contributed by atoms with van der Waals surface area (Å²) in [5.41, 5.74) is 1.62. The molecule has 0 radical (unpaired) electrons. The van der Waals surface area contributed by atoms with E-state index in [4.69, 9.17) is 21.1 Å². The maximum Gasteiger partial charge on any atom is 0.238 e. The van der Waals surface area contributed by atoms with Crippen molar-refractivity contribution in [1.82, 2.24) is 5.32 Å². The van der Waals surface area contributed by atoms with Crippen molar-refractivity contribution < 1.29 is 14.3 Å². The van der Waals surface area contributed by atoms with Crippen LogP contribution in [0.3, 0.4) is 0 Å². The Labute approximate surface area is 146 Å². The minimum absolute atomic E-state index is 0.00668. The summed E-state index contributed by atoms with van der Waals surface area (Å²) in [6.45, 7) is 2.15. The number of benzene rings is 2. The highest BCUT2D eigenvalue weighted by Crippen LogP contribution is 2.28. The van der Waals surface area contributed by atoms with E-state index >= 15 is 0 Å². The van der Waals surface area contributed by atoms with Crippen LogP contribution in [0.1, 0.15) is 18.5 Å². The summed E-state index contributed by atoms with van der Waals surface area (Å²) in [6.07, 6.45) is 0. The van der Waals surface area contributed by atoms with Crippen molar-refractivity contribution in [1.29, 1.82) is 0 Å². The number of anilines is 1. The standard InChI is InChI=1S/C18H21ClN2O3/c1-12(13-5-4-6-14(19)9-13)20-11-18(22)21-16-8-7-15(23-2)10-17(16)24-3/h4-10,12,20H,11H2,1-3H3,(H,21,22)/t12-/m1/s1. The molecule has 2 aromatic rings. The highest BCUT2D eigenvalue weighted by atomic mass is 35.5. The number of amides is 1. The van der Waals surface area contributed by atoms with Crippen LogP contribution in [0.2, 0.25) is 5.02 Å². The number of carbonyl (C=O) groups is 1. The quantitative estimate of drug-likeness (QED) is 0.802. The molecule has 6 heteroatoms. The van der Waals surface area contributed by atoms with E-state index in [1.807, 2.05) is 31.2 Å². The fraction of sp³-hybridized carbons (Fsp3) is 0.278. The van der Waals surface area contributed by atoms with Crippen LogP contribution in [0.5, 0.6) is 11.5 Å². The van der Waals surface area contributed by atoms with Crippen molar-refractivity contribution in [2.75, 3.05) is 26.1 Å². The molecule has 2 N–H and O–H groups in total. The van der Waals surface area contributed by atoms with Gasteiger partial charge in [-0.3, -0.25) is 4.79 Å². The van der Waals surface area contributed by atoms with Crippen molar-refractivity contribution in [3.8, 4) is 11.5 Å². The van der Waals surface area contributed by atoms with Gasteiger partial charge >= 0.3 is 0 Å². The molecule has 0 aliphatic heterocycles. The van der Waals surface area contributed by atoms with E-state index in [-0.39, 0.29) is 18.5 Å². The number of carbonyl (C=O) groups excluding carboxylic acids is 1. The van der Waals surface area contributed by atoms with E-state index in [9.17, 15) is 4.79 Å². The molecule has 0 aliphatic rings. The smallest absolute Gasteiger partial charge is 0.238 e. The third kappa shape index (κ3) is 4.88. The van der Waals surface area contributed by atoms with Crippen molar-refractivity contribution in [3.63, 3.8) is 0 Å². The number of rotatable bonds is 7. The summed E-state index contributed by atoms with van der Waals surface area (Å²) in [4.78, 5) is 12.2. The maximum absolute atomic E-state index is 12.2. The van der Waals surface area contributed by atoms with Crippen molar-refractivity contribution in [2.24, 2.45) is 0 Å². The Morgan fingerprint density at radius 2 is 1.96 bits per heavy atom. The van der Waals surface area contributed by atoms with Crippen LogP contribution in [0.25, 0.3) is 0 Å². The van der Waals surface area contributed by atoms with Gasteiger partial charge in [0.1, 0.15) is 11.5 Å². The van der Waals surface area contributed by atoms with E-state index < -0.39 is 0 Å². The zero-order chi connectivity index (χ0) is 17.5. The van der Waals surface area contributed by atoms with Gasteiger partial charge in [-0.2, -0.15) is 0 Å². The predicted molar refractivity (Wildman–Crippen MR) is 96.0 cm³/mol. The van der Waals surface area contributed by atoms with Gasteiger partial charge in [0.05, 0.1) is 26.5 Å². The van der Waals surface area contributed by atoms with E-state index in [0.717, 1.165) is 5.56 Å². The first kappa shape index (κ1) is 18.1. The summed E-state index contributed by atoms with van der Waals surface area (Å²) in [7, 11) is 3.12. The monoisotopic (exact) mass is 348 g/mol. The average Bonchev–Trinajstić information content (AvgIpc) is 2.60. The number of ether oxygens (including phenoxy) is 2. The Balaban J connectivity index is 1.94. The summed E-state index contributed by atoms with van der Waals surface area (Å²) in [6, 6.07) is 12.8. The van der Waals surface area contributed by atoms with Gasteiger partial charge < -0.3 is 20.1 Å². The average molecular weight is 349 g/mol. The van der Waals surface area contributed by atoms with Gasteiger partial charge in [0.15, 0.2) is 0 Å². The summed E-state index contributed by atoms with van der Waals surface area (Å²) in [5, 5.41) is 6.67. The molecule has 0 aromatic heterocycles. The summed E-state index contributed by atoms with van der Waals surface area (Å²) < 4.78 is 10.4. The number of hydrogen-bond donors (Lipinski definition) is 2. The zero-order valence-corrected chi connectivity index (χ0v) is 14.7. The Hall–Kier alpha value is -2.24. The molecule has 0 bridgehead atoms. The number of nitrogens with one attached hydrogen (secondary N) is 2. The predicted octanol–water partition coefficient (Wildman–Crippen LogP) is 3.65. The Kier molecular flexibility index (Phi) is 6.46. The molecule has 0 unspecified atom stereocenters. The van der Waals surface area contributed by atoms with Crippen molar-refractivity contribution in [2.45, 2.75) is 13.0 Å². The van der Waals surface area contributed by atoms with Gasteiger partial charge in [0.25, 0.3) is 0 Å². The molecule has 128 valence electrons. The van der Waals surface area contributed by atoms with Gasteiger partial charge in [-0.25, -0.2) is 0 Å². The fourth-order valence-electron chi connectivity index (χ4n) is 2.24. The zero-order valence-electron chi connectivity index (χ0n) is 13.9. The Morgan fingerprint density at radius 1 is 1.17 bits per heavy atom. The van der Waals surface area contributed by atoms with Crippen LogP contribution in [0.15, 0.2) is 42.5 Å². The molecule has 0 heterocycles. The second-order valence-corrected chi connectivity index (χ2v) is 5.71. The summed E-state index contributed by atoms with van der Waals surface area (Å²) in [5.74, 6) is 1.05. The lowest BCUT2D eigenvalue weighted by Gasteiger charge is -2.15. The molecule has 0 saturated heterocycles. The van der Waals surface area contributed by atoms with Gasteiger partial charge in [-0.15, -0.1) is 0 Å². The minimum Gasteiger partial charge on any atom is -0.497 e. The van der Waals surface area contributed by atoms with Gasteiger partial charge in [0, 0.05) is 17.1 Å². The molecule has 0 aliphatic carbocycles. The van der Waals surface area contributed by atoms with Crippen LogP contribution in [-0.4, -0.2) is 26.7 Å². The first-order chi connectivity index (χ1) is 11.5. The van der Waals surface area contributed by atoms with Gasteiger partial charge in [-0.1, -0.05) is 23.7 Å². The Bertz CT molecular complexity index is 706. The third-order valence-corrected chi connectivity index (χ3v) is 3.84. The lowest BCUT2D eigenvalue weighted by atomic mass is 10.1. The Morgan fingerprint density at radius 3 is 2.62 bits per heavy atom. The number of hydrogen-bond acceptors (Lipinski definition) is 4. The topological polar surface area (TPSA) is 59.6 Å². The van der Waals surface area contributed by atoms with Crippen LogP contribution >= 0.6 is 11.6 Å². The largest absolute Gasteiger partial charge is 0.497 e. The molecule has 0 saturated carbocycles. The molecule has 0 fully saturated rings.